The predicted molar refractivity (Wildman–Crippen MR) is 108 cm³/mol. The Morgan fingerprint density at radius 1 is 0.607 bits per heavy atom. The number of rotatable bonds is 15. The molecule has 0 amide bonds. The largest absolute Gasteiger partial charge is 0.481 e. The van der Waals surface area contributed by atoms with E-state index in [-0.39, 0.29) is 0 Å². The van der Waals surface area contributed by atoms with Gasteiger partial charge in [-0.2, -0.15) is 0 Å². The lowest BCUT2D eigenvalue weighted by atomic mass is 10.1. The fourth-order valence-electron chi connectivity index (χ4n) is 2.00. The van der Waals surface area contributed by atoms with Gasteiger partial charge >= 0.3 is 11.9 Å². The van der Waals surface area contributed by atoms with E-state index in [0.717, 1.165) is 25.7 Å². The fraction of sp³-hybridized carbons (Fsp3) is 0.900. The van der Waals surface area contributed by atoms with Crippen LogP contribution < -0.4 is 0 Å². The number of aliphatic hydroxyl groups is 4. The van der Waals surface area contributed by atoms with Crippen LogP contribution >= 0.6 is 0 Å². The van der Waals surface area contributed by atoms with Gasteiger partial charge in [-0.15, -0.1) is 0 Å². The lowest BCUT2D eigenvalue weighted by molar-refractivity contribution is -0.138. The third kappa shape index (κ3) is 32.5. The van der Waals surface area contributed by atoms with Gasteiger partial charge in [-0.25, -0.2) is 0 Å². The summed E-state index contributed by atoms with van der Waals surface area (Å²) in [4.78, 5) is 20.1. The van der Waals surface area contributed by atoms with Crippen LogP contribution in [0.1, 0.15) is 90.9 Å². The molecule has 0 aromatic heterocycles. The highest BCUT2D eigenvalue weighted by Gasteiger charge is 2.12. The van der Waals surface area contributed by atoms with Crippen LogP contribution in [0.15, 0.2) is 0 Å². The van der Waals surface area contributed by atoms with Crippen molar-refractivity contribution in [2.24, 2.45) is 0 Å². The van der Waals surface area contributed by atoms with Crippen LogP contribution in [0, 0.1) is 0 Å². The van der Waals surface area contributed by atoms with E-state index in [1.54, 1.807) is 0 Å². The first-order valence-electron chi connectivity index (χ1n) is 10.3. The van der Waals surface area contributed by atoms with Crippen molar-refractivity contribution in [1.29, 1.82) is 0 Å². The van der Waals surface area contributed by atoms with E-state index < -0.39 is 37.4 Å². The highest BCUT2D eigenvalue weighted by Crippen LogP contribution is 2.04. The minimum absolute atomic E-state index is 0.337. The second kappa shape index (κ2) is 25.8. The van der Waals surface area contributed by atoms with Crippen molar-refractivity contribution < 1.29 is 40.2 Å². The monoisotopic (exact) mass is 410 g/mol. The molecule has 0 aliphatic carbocycles. The van der Waals surface area contributed by atoms with Gasteiger partial charge in [0.15, 0.2) is 0 Å². The Labute approximate surface area is 169 Å². The zero-order chi connectivity index (χ0) is 22.2. The van der Waals surface area contributed by atoms with Gasteiger partial charge in [-0.3, -0.25) is 9.59 Å². The zero-order valence-corrected chi connectivity index (χ0v) is 17.6. The maximum Gasteiger partial charge on any atom is 0.303 e. The van der Waals surface area contributed by atoms with Gasteiger partial charge in [0.1, 0.15) is 12.2 Å². The molecule has 0 aromatic carbocycles. The van der Waals surface area contributed by atoms with E-state index >= 15 is 0 Å². The molecule has 0 rings (SSSR count). The van der Waals surface area contributed by atoms with Crippen molar-refractivity contribution in [2.45, 2.75) is 103 Å². The summed E-state index contributed by atoms with van der Waals surface area (Å²) in [7, 11) is 0. The normalized spacial score (nSPS) is 12.1. The van der Waals surface area contributed by atoms with Crippen molar-refractivity contribution in [3.8, 4) is 0 Å². The topological polar surface area (TPSA) is 156 Å². The predicted octanol–water partition coefficient (Wildman–Crippen LogP) is 2.56. The Morgan fingerprint density at radius 2 is 0.893 bits per heavy atom. The Bertz CT molecular complexity index is 304. The summed E-state index contributed by atoms with van der Waals surface area (Å²) in [6, 6.07) is 0. The zero-order valence-electron chi connectivity index (χ0n) is 17.6. The minimum atomic E-state index is -1.22. The Hall–Kier alpha value is -1.22. The number of carbonyl (C=O) groups is 2. The van der Waals surface area contributed by atoms with Gasteiger partial charge in [-0.1, -0.05) is 65.2 Å². The third-order valence-corrected chi connectivity index (χ3v) is 3.81. The van der Waals surface area contributed by atoms with E-state index in [4.69, 9.17) is 30.6 Å². The van der Waals surface area contributed by atoms with Crippen molar-refractivity contribution in [3.63, 3.8) is 0 Å². The Morgan fingerprint density at radius 3 is 1.11 bits per heavy atom. The SMILES string of the molecule is CCCCCCCC(=O)O.CCCCCCCC(=O)O.OC[C@@H](O)[C@@H](O)CO. The molecule has 0 heterocycles. The smallest absolute Gasteiger partial charge is 0.303 e. The van der Waals surface area contributed by atoms with E-state index in [1.807, 2.05) is 0 Å². The molecular formula is C20H42O8. The lowest BCUT2D eigenvalue weighted by Gasteiger charge is -2.10. The molecule has 0 saturated carbocycles. The summed E-state index contributed by atoms with van der Waals surface area (Å²) in [6.07, 6.45) is 9.32. The van der Waals surface area contributed by atoms with Gasteiger partial charge in [0, 0.05) is 12.8 Å². The first-order valence-corrected chi connectivity index (χ1v) is 10.3. The number of carboxylic acids is 2. The molecule has 0 saturated heterocycles. The second-order valence-electron chi connectivity index (χ2n) is 6.62. The number of hydrogen-bond acceptors (Lipinski definition) is 6. The van der Waals surface area contributed by atoms with E-state index in [2.05, 4.69) is 13.8 Å². The van der Waals surface area contributed by atoms with Crippen molar-refractivity contribution in [3.05, 3.63) is 0 Å². The van der Waals surface area contributed by atoms with E-state index in [9.17, 15) is 9.59 Å². The lowest BCUT2D eigenvalue weighted by Crippen LogP contribution is -2.31. The van der Waals surface area contributed by atoms with Crippen LogP contribution in [0.2, 0.25) is 0 Å². The summed E-state index contributed by atoms with van der Waals surface area (Å²) >= 11 is 0. The summed E-state index contributed by atoms with van der Waals surface area (Å²) < 4.78 is 0. The van der Waals surface area contributed by atoms with Crippen molar-refractivity contribution in [1.82, 2.24) is 0 Å². The molecule has 0 radical (unpaired) electrons. The average Bonchev–Trinajstić information content (AvgIpc) is 2.67. The molecule has 2 atom stereocenters. The second-order valence-corrected chi connectivity index (χ2v) is 6.62. The van der Waals surface area contributed by atoms with Crippen LogP contribution in [0.3, 0.4) is 0 Å². The van der Waals surface area contributed by atoms with Crippen LogP contribution in [0.25, 0.3) is 0 Å². The number of aliphatic hydroxyl groups excluding tert-OH is 4. The quantitative estimate of drug-likeness (QED) is 0.225. The first-order chi connectivity index (χ1) is 13.3. The molecule has 8 heteroatoms. The number of hydrogen-bond donors (Lipinski definition) is 6. The standard InChI is InChI=1S/2C8H16O2.C4H10O4/c2*1-2-3-4-5-6-7-8(9)10;5-1-3(7)4(8)2-6/h2*2-7H2,1H3,(H,9,10);3-8H,1-2H2/t;;3-,4+. The Kier molecular flexibility index (Phi) is 29.0. The summed E-state index contributed by atoms with van der Waals surface area (Å²) in [5.41, 5.74) is 0. The van der Waals surface area contributed by atoms with E-state index in [1.165, 1.54) is 38.5 Å². The van der Waals surface area contributed by atoms with Crippen molar-refractivity contribution >= 4 is 11.9 Å². The average molecular weight is 411 g/mol. The first kappa shape index (κ1) is 31.5. The molecule has 0 aliphatic rings. The summed E-state index contributed by atoms with van der Waals surface area (Å²) in [5.74, 6) is -1.34. The number of aliphatic carboxylic acids is 2. The van der Waals surface area contributed by atoms with Gasteiger partial charge in [-0.05, 0) is 12.8 Å². The van der Waals surface area contributed by atoms with E-state index in [0.29, 0.717) is 12.8 Å². The molecule has 0 bridgehead atoms. The Balaban J connectivity index is -0.000000337. The summed E-state index contributed by atoms with van der Waals surface area (Å²) in [5, 5.41) is 49.7. The molecule has 170 valence electrons. The van der Waals surface area contributed by atoms with Crippen LogP contribution in [-0.2, 0) is 9.59 Å². The van der Waals surface area contributed by atoms with Gasteiger partial charge < -0.3 is 30.6 Å². The molecule has 0 unspecified atom stereocenters. The van der Waals surface area contributed by atoms with Crippen LogP contribution in [0.5, 0.6) is 0 Å². The third-order valence-electron chi connectivity index (χ3n) is 3.81. The van der Waals surface area contributed by atoms with Crippen molar-refractivity contribution in [2.75, 3.05) is 13.2 Å². The molecule has 0 aromatic rings. The highest BCUT2D eigenvalue weighted by atomic mass is 16.4. The molecule has 0 aliphatic heterocycles. The molecule has 28 heavy (non-hydrogen) atoms. The molecular weight excluding hydrogens is 368 g/mol. The summed E-state index contributed by atoms with van der Waals surface area (Å²) in [6.45, 7) is 3.25. The maximum absolute atomic E-state index is 10.0. The van der Waals surface area contributed by atoms with Gasteiger partial charge in [0.05, 0.1) is 13.2 Å². The molecule has 8 nitrogen and oxygen atoms in total. The number of unbranched alkanes of at least 4 members (excludes halogenated alkanes) is 8. The number of carboxylic acid groups (broad SMARTS) is 2. The molecule has 6 N–H and O–H groups in total. The van der Waals surface area contributed by atoms with Crippen LogP contribution in [-0.4, -0.2) is 68.0 Å². The van der Waals surface area contributed by atoms with Gasteiger partial charge in [0.25, 0.3) is 0 Å². The minimum Gasteiger partial charge on any atom is -0.481 e. The molecule has 0 spiro atoms. The maximum atomic E-state index is 10.0. The molecule has 0 fully saturated rings. The van der Waals surface area contributed by atoms with Crippen LogP contribution in [0.4, 0.5) is 0 Å². The van der Waals surface area contributed by atoms with Gasteiger partial charge in [0.2, 0.25) is 0 Å². The fourth-order valence-corrected chi connectivity index (χ4v) is 2.00. The highest BCUT2D eigenvalue weighted by molar-refractivity contribution is 5.66.